The van der Waals surface area contributed by atoms with Crippen LogP contribution in [0.4, 0.5) is 14.5 Å². The van der Waals surface area contributed by atoms with E-state index in [1.165, 1.54) is 4.90 Å². The zero-order valence-electron chi connectivity index (χ0n) is 12.4. The fourth-order valence-electron chi connectivity index (χ4n) is 2.02. The molecule has 1 aliphatic rings. The number of carbonyl (C=O) groups is 2. The van der Waals surface area contributed by atoms with E-state index in [2.05, 4.69) is 5.32 Å². The van der Waals surface area contributed by atoms with Crippen LogP contribution in [-0.4, -0.2) is 43.5 Å². The van der Waals surface area contributed by atoms with Crippen LogP contribution in [0, 0.1) is 0 Å². The summed E-state index contributed by atoms with van der Waals surface area (Å²) in [5, 5.41) is 2.08. The SMILES string of the molecule is CC1Oc2ccccc2N(CC(=O)NCC(F)(F)CN)C1=O.Cl. The first-order chi connectivity index (χ1) is 10.3. The topological polar surface area (TPSA) is 84.7 Å². The number of alkyl halides is 2. The highest BCUT2D eigenvalue weighted by molar-refractivity contribution is 6.03. The molecule has 0 saturated carbocycles. The zero-order chi connectivity index (χ0) is 16.3. The molecule has 1 aromatic carbocycles. The van der Waals surface area contributed by atoms with Crippen molar-refractivity contribution in [1.82, 2.24) is 5.32 Å². The van der Waals surface area contributed by atoms with Gasteiger partial charge in [-0.2, -0.15) is 0 Å². The van der Waals surface area contributed by atoms with Crippen molar-refractivity contribution in [2.24, 2.45) is 5.73 Å². The molecule has 128 valence electrons. The summed E-state index contributed by atoms with van der Waals surface area (Å²) in [7, 11) is 0. The number of benzene rings is 1. The number of hydrogen-bond donors (Lipinski definition) is 2. The molecule has 0 saturated heterocycles. The van der Waals surface area contributed by atoms with E-state index >= 15 is 0 Å². The normalized spacial score (nSPS) is 17.0. The monoisotopic (exact) mass is 349 g/mol. The van der Waals surface area contributed by atoms with Gasteiger partial charge in [0, 0.05) is 0 Å². The summed E-state index contributed by atoms with van der Waals surface area (Å²) < 4.78 is 31.5. The molecule has 0 aromatic heterocycles. The van der Waals surface area contributed by atoms with E-state index in [4.69, 9.17) is 10.5 Å². The molecule has 9 heteroatoms. The maximum Gasteiger partial charge on any atom is 0.277 e. The van der Waals surface area contributed by atoms with Crippen LogP contribution < -0.4 is 20.7 Å². The predicted octanol–water partition coefficient (Wildman–Crippen LogP) is 0.932. The van der Waals surface area contributed by atoms with Gasteiger partial charge in [0.25, 0.3) is 11.8 Å². The third kappa shape index (κ3) is 4.52. The Labute approximate surface area is 138 Å². The third-order valence-electron chi connectivity index (χ3n) is 3.22. The van der Waals surface area contributed by atoms with Crippen molar-refractivity contribution in [3.63, 3.8) is 0 Å². The number of halogens is 3. The maximum atomic E-state index is 13.0. The minimum Gasteiger partial charge on any atom is -0.479 e. The molecule has 0 radical (unpaired) electrons. The number of hydrogen-bond acceptors (Lipinski definition) is 4. The van der Waals surface area contributed by atoms with Gasteiger partial charge in [-0.15, -0.1) is 12.4 Å². The predicted molar refractivity (Wildman–Crippen MR) is 83.1 cm³/mol. The average molecular weight is 350 g/mol. The first-order valence-corrected chi connectivity index (χ1v) is 6.76. The first kappa shape index (κ1) is 19.1. The van der Waals surface area contributed by atoms with E-state index in [1.54, 1.807) is 31.2 Å². The van der Waals surface area contributed by atoms with Gasteiger partial charge in [0.05, 0.1) is 18.8 Å². The van der Waals surface area contributed by atoms with Crippen LogP contribution >= 0.6 is 12.4 Å². The number of fused-ring (bicyclic) bond motifs is 1. The Kier molecular flexibility index (Phi) is 6.28. The lowest BCUT2D eigenvalue weighted by atomic mass is 10.2. The number of nitrogens with two attached hydrogens (primary N) is 1. The number of ether oxygens (including phenoxy) is 1. The summed E-state index contributed by atoms with van der Waals surface area (Å²) in [5.41, 5.74) is 5.33. The molecule has 1 unspecified atom stereocenters. The fraction of sp³-hybridized carbons (Fsp3) is 0.429. The quantitative estimate of drug-likeness (QED) is 0.828. The van der Waals surface area contributed by atoms with Crippen LogP contribution in [0.1, 0.15) is 6.92 Å². The Hall–Kier alpha value is -1.93. The molecular formula is C14H18ClF2N3O3. The third-order valence-corrected chi connectivity index (χ3v) is 3.22. The van der Waals surface area contributed by atoms with Crippen molar-refractivity contribution in [3.8, 4) is 5.75 Å². The van der Waals surface area contributed by atoms with E-state index in [1.807, 2.05) is 0 Å². The molecule has 1 atom stereocenters. The second-order valence-corrected chi connectivity index (χ2v) is 4.99. The van der Waals surface area contributed by atoms with Gasteiger partial charge >= 0.3 is 0 Å². The Morgan fingerprint density at radius 1 is 1.43 bits per heavy atom. The Balaban J connectivity index is 0.00000264. The fourth-order valence-corrected chi connectivity index (χ4v) is 2.02. The molecule has 0 aliphatic carbocycles. The van der Waals surface area contributed by atoms with Crippen molar-refractivity contribution in [3.05, 3.63) is 24.3 Å². The van der Waals surface area contributed by atoms with E-state index in [9.17, 15) is 18.4 Å². The molecule has 0 fully saturated rings. The molecule has 0 bridgehead atoms. The van der Waals surface area contributed by atoms with Gasteiger partial charge in [-0.25, -0.2) is 8.78 Å². The molecule has 2 rings (SSSR count). The van der Waals surface area contributed by atoms with Gasteiger partial charge in [-0.05, 0) is 19.1 Å². The first-order valence-electron chi connectivity index (χ1n) is 6.76. The largest absolute Gasteiger partial charge is 0.479 e. The summed E-state index contributed by atoms with van der Waals surface area (Å²) in [5.74, 6) is -3.80. The second-order valence-electron chi connectivity index (χ2n) is 4.99. The summed E-state index contributed by atoms with van der Waals surface area (Å²) in [6, 6.07) is 6.73. The number of amides is 2. The lowest BCUT2D eigenvalue weighted by Crippen LogP contribution is -2.50. The van der Waals surface area contributed by atoms with Gasteiger partial charge in [-0.1, -0.05) is 12.1 Å². The van der Waals surface area contributed by atoms with E-state index in [0.717, 1.165) is 0 Å². The van der Waals surface area contributed by atoms with Crippen molar-refractivity contribution in [2.45, 2.75) is 19.0 Å². The molecule has 2 amide bonds. The number of anilines is 1. The highest BCUT2D eigenvalue weighted by Crippen LogP contribution is 2.33. The van der Waals surface area contributed by atoms with Crippen LogP contribution in [0.5, 0.6) is 5.75 Å². The standard InChI is InChI=1S/C14H17F2N3O3.ClH/c1-9-13(21)19(10-4-2-3-5-11(10)22-9)6-12(20)18-8-14(15,16)7-17;/h2-5,9H,6-8,17H2,1H3,(H,18,20);1H. The lowest BCUT2D eigenvalue weighted by Gasteiger charge is -2.32. The van der Waals surface area contributed by atoms with Gasteiger partial charge in [0.1, 0.15) is 12.3 Å². The summed E-state index contributed by atoms with van der Waals surface area (Å²) >= 11 is 0. The van der Waals surface area contributed by atoms with Crippen LogP contribution in [0.25, 0.3) is 0 Å². The van der Waals surface area contributed by atoms with Gasteiger partial charge in [0.2, 0.25) is 5.91 Å². The minimum absolute atomic E-state index is 0. The van der Waals surface area contributed by atoms with E-state index < -0.39 is 36.9 Å². The lowest BCUT2D eigenvalue weighted by molar-refractivity contribution is -0.128. The van der Waals surface area contributed by atoms with Crippen LogP contribution in [-0.2, 0) is 9.59 Å². The molecule has 3 N–H and O–H groups in total. The van der Waals surface area contributed by atoms with E-state index in [0.29, 0.717) is 11.4 Å². The van der Waals surface area contributed by atoms with Gasteiger partial charge < -0.3 is 15.8 Å². The Bertz CT molecular complexity index is 586. The van der Waals surface area contributed by atoms with Gasteiger partial charge in [-0.3, -0.25) is 14.5 Å². The van der Waals surface area contributed by atoms with Crippen molar-refractivity contribution < 1.29 is 23.1 Å². The maximum absolute atomic E-state index is 13.0. The summed E-state index contributed by atoms with van der Waals surface area (Å²) in [6.45, 7) is -0.516. The zero-order valence-corrected chi connectivity index (χ0v) is 13.2. The molecular weight excluding hydrogens is 332 g/mol. The van der Waals surface area contributed by atoms with Gasteiger partial charge in [0.15, 0.2) is 6.10 Å². The average Bonchev–Trinajstić information content (AvgIpc) is 2.50. The highest BCUT2D eigenvalue weighted by atomic mass is 35.5. The molecule has 0 spiro atoms. The Morgan fingerprint density at radius 3 is 2.74 bits per heavy atom. The van der Waals surface area contributed by atoms with Crippen molar-refractivity contribution in [1.29, 1.82) is 0 Å². The number of nitrogens with zero attached hydrogens (tertiary/aromatic N) is 1. The number of rotatable bonds is 5. The molecule has 23 heavy (non-hydrogen) atoms. The van der Waals surface area contributed by atoms with Crippen molar-refractivity contribution in [2.75, 3.05) is 24.5 Å². The molecule has 1 heterocycles. The second kappa shape index (κ2) is 7.56. The molecule has 6 nitrogen and oxygen atoms in total. The number of para-hydroxylation sites is 2. The highest BCUT2D eigenvalue weighted by Gasteiger charge is 2.33. The smallest absolute Gasteiger partial charge is 0.277 e. The number of nitrogens with one attached hydrogen (secondary N) is 1. The molecule has 1 aliphatic heterocycles. The summed E-state index contributed by atoms with van der Waals surface area (Å²) in [6.07, 6.45) is -0.742. The Morgan fingerprint density at radius 2 is 2.09 bits per heavy atom. The van der Waals surface area contributed by atoms with Crippen LogP contribution in [0.2, 0.25) is 0 Å². The summed E-state index contributed by atoms with van der Waals surface area (Å²) in [4.78, 5) is 25.2. The van der Waals surface area contributed by atoms with Crippen molar-refractivity contribution >= 4 is 29.9 Å². The minimum atomic E-state index is -3.17. The van der Waals surface area contributed by atoms with E-state index in [-0.39, 0.29) is 19.0 Å². The molecule has 1 aromatic rings. The van der Waals surface area contributed by atoms with Crippen LogP contribution in [0.15, 0.2) is 24.3 Å². The van der Waals surface area contributed by atoms with Crippen LogP contribution in [0.3, 0.4) is 0 Å². The number of carbonyl (C=O) groups excluding carboxylic acids is 2.